The summed E-state index contributed by atoms with van der Waals surface area (Å²) >= 11 is 5.88. The Morgan fingerprint density at radius 2 is 2.38 bits per heavy atom. The van der Waals surface area contributed by atoms with E-state index in [-0.39, 0.29) is 22.8 Å². The highest BCUT2D eigenvalue weighted by Gasteiger charge is 2.39. The number of nitrogens with zero attached hydrogens (tertiary/aromatic N) is 1. The van der Waals surface area contributed by atoms with E-state index in [1.807, 2.05) is 0 Å². The lowest BCUT2D eigenvalue weighted by Gasteiger charge is -2.26. The smallest absolute Gasteiger partial charge is 0.270 e. The van der Waals surface area contributed by atoms with Crippen LogP contribution in [0.25, 0.3) is 0 Å². The van der Waals surface area contributed by atoms with Gasteiger partial charge in [-0.2, -0.15) is 0 Å². The number of non-ortho nitro benzene ring substituents is 1. The molecule has 2 unspecified atom stereocenters. The maximum absolute atomic E-state index is 12.1. The van der Waals surface area contributed by atoms with Crippen molar-refractivity contribution in [2.45, 2.75) is 25.0 Å². The second-order valence-electron chi connectivity index (χ2n) is 4.97. The van der Waals surface area contributed by atoms with Gasteiger partial charge in [0.15, 0.2) is 0 Å². The SMILES string of the molecule is CC1OCCC1(O)CNC(=O)c1cc([N+](=O)[O-])ccc1Cl. The van der Waals surface area contributed by atoms with Crippen molar-refractivity contribution in [3.8, 4) is 0 Å². The van der Waals surface area contributed by atoms with Crippen molar-refractivity contribution in [1.29, 1.82) is 0 Å². The Balaban J connectivity index is 2.10. The Kier molecular flexibility index (Phi) is 4.46. The van der Waals surface area contributed by atoms with Crippen molar-refractivity contribution >= 4 is 23.2 Å². The quantitative estimate of drug-likeness (QED) is 0.648. The van der Waals surface area contributed by atoms with Crippen molar-refractivity contribution in [3.05, 3.63) is 38.9 Å². The number of ether oxygens (including phenoxy) is 1. The summed E-state index contributed by atoms with van der Waals surface area (Å²) in [6, 6.07) is 3.63. The number of carbonyl (C=O) groups excluding carboxylic acids is 1. The molecule has 1 aromatic rings. The van der Waals surface area contributed by atoms with Crippen LogP contribution in [0.3, 0.4) is 0 Å². The number of aliphatic hydroxyl groups is 1. The van der Waals surface area contributed by atoms with E-state index in [1.165, 1.54) is 12.1 Å². The Bertz CT molecular complexity index is 580. The highest BCUT2D eigenvalue weighted by atomic mass is 35.5. The molecule has 0 bridgehead atoms. The first-order chi connectivity index (χ1) is 9.83. The molecule has 2 atom stereocenters. The number of carbonyl (C=O) groups is 1. The van der Waals surface area contributed by atoms with Crippen LogP contribution in [0, 0.1) is 10.1 Å². The number of benzene rings is 1. The van der Waals surface area contributed by atoms with Gasteiger partial charge in [-0.3, -0.25) is 14.9 Å². The minimum absolute atomic E-state index is 0.000958. The molecule has 0 aliphatic carbocycles. The molecule has 2 N–H and O–H groups in total. The summed E-state index contributed by atoms with van der Waals surface area (Å²) in [4.78, 5) is 22.2. The molecule has 1 saturated heterocycles. The van der Waals surface area contributed by atoms with Gasteiger partial charge in [0.1, 0.15) is 5.60 Å². The van der Waals surface area contributed by atoms with Crippen LogP contribution >= 0.6 is 11.6 Å². The van der Waals surface area contributed by atoms with E-state index >= 15 is 0 Å². The van der Waals surface area contributed by atoms with E-state index in [4.69, 9.17) is 16.3 Å². The second-order valence-corrected chi connectivity index (χ2v) is 5.38. The van der Waals surface area contributed by atoms with Crippen LogP contribution < -0.4 is 5.32 Å². The van der Waals surface area contributed by atoms with E-state index < -0.39 is 22.5 Å². The number of rotatable bonds is 4. The van der Waals surface area contributed by atoms with Gasteiger partial charge in [0.05, 0.1) is 21.6 Å². The highest BCUT2D eigenvalue weighted by Crippen LogP contribution is 2.26. The molecule has 0 saturated carbocycles. The number of hydrogen-bond donors (Lipinski definition) is 2. The van der Waals surface area contributed by atoms with Crippen LogP contribution in [-0.2, 0) is 4.74 Å². The molecule has 1 amide bonds. The van der Waals surface area contributed by atoms with Gasteiger partial charge in [0, 0.05) is 31.7 Å². The van der Waals surface area contributed by atoms with Crippen LogP contribution in [-0.4, -0.2) is 40.8 Å². The van der Waals surface area contributed by atoms with Crippen LogP contribution in [0.15, 0.2) is 18.2 Å². The summed E-state index contributed by atoms with van der Waals surface area (Å²) in [6.07, 6.45) is 0.0234. The predicted molar refractivity (Wildman–Crippen MR) is 75.4 cm³/mol. The third-order valence-electron chi connectivity index (χ3n) is 3.62. The number of halogens is 1. The van der Waals surface area contributed by atoms with Crippen molar-refractivity contribution in [2.75, 3.05) is 13.2 Å². The number of amides is 1. The Labute approximate surface area is 126 Å². The molecule has 2 rings (SSSR count). The Morgan fingerprint density at radius 1 is 1.67 bits per heavy atom. The number of nitrogens with one attached hydrogen (secondary N) is 1. The van der Waals surface area contributed by atoms with Crippen LogP contribution in [0.2, 0.25) is 5.02 Å². The fourth-order valence-electron chi connectivity index (χ4n) is 2.13. The average Bonchev–Trinajstić information content (AvgIpc) is 2.77. The minimum atomic E-state index is -1.14. The molecular weight excluding hydrogens is 300 g/mol. The lowest BCUT2D eigenvalue weighted by Crippen LogP contribution is -2.47. The molecule has 1 aliphatic rings. The molecule has 1 fully saturated rings. The average molecular weight is 315 g/mol. The third kappa shape index (κ3) is 3.31. The second kappa shape index (κ2) is 5.97. The molecule has 0 spiro atoms. The summed E-state index contributed by atoms with van der Waals surface area (Å²) in [6.45, 7) is 2.14. The zero-order chi connectivity index (χ0) is 15.6. The van der Waals surface area contributed by atoms with Gasteiger partial charge in [-0.1, -0.05) is 11.6 Å². The fourth-order valence-corrected chi connectivity index (χ4v) is 2.34. The summed E-state index contributed by atoms with van der Waals surface area (Å²) in [5, 5.41) is 23.7. The molecule has 1 heterocycles. The summed E-state index contributed by atoms with van der Waals surface area (Å²) < 4.78 is 5.26. The first-order valence-electron chi connectivity index (χ1n) is 6.39. The summed E-state index contributed by atoms with van der Waals surface area (Å²) in [5.74, 6) is -0.573. The summed E-state index contributed by atoms with van der Waals surface area (Å²) in [5.41, 5.74) is -1.36. The monoisotopic (exact) mass is 314 g/mol. The van der Waals surface area contributed by atoms with Gasteiger partial charge in [-0.15, -0.1) is 0 Å². The third-order valence-corrected chi connectivity index (χ3v) is 3.95. The maximum atomic E-state index is 12.1. The molecular formula is C13H15ClN2O5. The molecule has 0 aromatic heterocycles. The van der Waals surface area contributed by atoms with Gasteiger partial charge in [-0.05, 0) is 13.0 Å². The van der Waals surface area contributed by atoms with Gasteiger partial charge in [-0.25, -0.2) is 0 Å². The van der Waals surface area contributed by atoms with Crippen molar-refractivity contribution in [1.82, 2.24) is 5.32 Å². The van der Waals surface area contributed by atoms with E-state index in [0.29, 0.717) is 13.0 Å². The Hall–Kier alpha value is -1.70. The largest absolute Gasteiger partial charge is 0.385 e. The van der Waals surface area contributed by atoms with E-state index in [1.54, 1.807) is 6.92 Å². The standard InChI is InChI=1S/C13H15ClN2O5/c1-8-13(18,4-5-21-8)7-15-12(17)10-6-9(16(19)20)2-3-11(10)14/h2-3,6,8,18H,4-5,7H2,1H3,(H,15,17). The number of nitro groups is 1. The van der Waals surface area contributed by atoms with Gasteiger partial charge in [0.25, 0.3) is 11.6 Å². The lowest BCUT2D eigenvalue weighted by atomic mass is 9.96. The fraction of sp³-hybridized carbons (Fsp3) is 0.462. The zero-order valence-corrected chi connectivity index (χ0v) is 12.1. The molecule has 1 aliphatic heterocycles. The molecule has 1 aromatic carbocycles. The molecule has 7 nitrogen and oxygen atoms in total. The highest BCUT2D eigenvalue weighted by molar-refractivity contribution is 6.33. The molecule has 8 heteroatoms. The van der Waals surface area contributed by atoms with Gasteiger partial charge < -0.3 is 15.2 Å². The molecule has 114 valence electrons. The van der Waals surface area contributed by atoms with Crippen LogP contribution in [0.1, 0.15) is 23.7 Å². The van der Waals surface area contributed by atoms with Crippen molar-refractivity contribution < 1.29 is 19.6 Å². The number of nitro benzene ring substituents is 1. The van der Waals surface area contributed by atoms with E-state index in [0.717, 1.165) is 6.07 Å². The molecule has 0 radical (unpaired) electrons. The van der Waals surface area contributed by atoms with E-state index in [9.17, 15) is 20.0 Å². The maximum Gasteiger partial charge on any atom is 0.270 e. The summed E-state index contributed by atoms with van der Waals surface area (Å²) in [7, 11) is 0. The van der Waals surface area contributed by atoms with Gasteiger partial charge in [0.2, 0.25) is 0 Å². The van der Waals surface area contributed by atoms with E-state index in [2.05, 4.69) is 5.32 Å². The van der Waals surface area contributed by atoms with Gasteiger partial charge >= 0.3 is 0 Å². The van der Waals surface area contributed by atoms with Crippen LogP contribution in [0.4, 0.5) is 5.69 Å². The first-order valence-corrected chi connectivity index (χ1v) is 6.77. The zero-order valence-electron chi connectivity index (χ0n) is 11.3. The van der Waals surface area contributed by atoms with Crippen molar-refractivity contribution in [3.63, 3.8) is 0 Å². The Morgan fingerprint density at radius 3 is 2.95 bits per heavy atom. The lowest BCUT2D eigenvalue weighted by molar-refractivity contribution is -0.384. The topological polar surface area (TPSA) is 102 Å². The van der Waals surface area contributed by atoms with Crippen LogP contribution in [0.5, 0.6) is 0 Å². The number of hydrogen-bond acceptors (Lipinski definition) is 5. The predicted octanol–water partition coefficient (Wildman–Crippen LogP) is 1.52. The normalized spacial score (nSPS) is 24.8. The minimum Gasteiger partial charge on any atom is -0.385 e. The van der Waals surface area contributed by atoms with Crippen molar-refractivity contribution in [2.24, 2.45) is 0 Å². The molecule has 21 heavy (non-hydrogen) atoms. The first kappa shape index (κ1) is 15.7.